The average molecular weight is 576 g/mol. The van der Waals surface area contributed by atoms with E-state index in [9.17, 15) is 18.0 Å². The van der Waals surface area contributed by atoms with Gasteiger partial charge in [-0.25, -0.2) is 13.2 Å². The minimum absolute atomic E-state index is 0.0861. The van der Waals surface area contributed by atoms with Gasteiger partial charge in [-0.05, 0) is 49.2 Å². The first kappa shape index (κ1) is 27.9. The van der Waals surface area contributed by atoms with E-state index < -0.39 is 16.1 Å². The number of urea groups is 1. The molecule has 2 unspecified atom stereocenters. The highest BCUT2D eigenvalue weighted by Gasteiger charge is 2.35. The molecule has 0 radical (unpaired) electrons. The molecule has 11 heteroatoms. The quantitative estimate of drug-likeness (QED) is 0.429. The predicted octanol–water partition coefficient (Wildman–Crippen LogP) is 4.65. The number of nitrogens with one attached hydrogen (secondary N) is 2. The largest absolute Gasteiger partial charge is 0.337 e. The summed E-state index contributed by atoms with van der Waals surface area (Å²) in [4.78, 5) is 29.9. The fourth-order valence-corrected chi connectivity index (χ4v) is 5.84. The zero-order chi connectivity index (χ0) is 27.3. The van der Waals surface area contributed by atoms with E-state index in [-0.39, 0.29) is 48.9 Å². The summed E-state index contributed by atoms with van der Waals surface area (Å²) in [5.74, 6) is -0.343. The maximum Gasteiger partial charge on any atom is 0.322 e. The Morgan fingerprint density at radius 2 is 1.61 bits per heavy atom. The number of hydrogen-bond donors (Lipinski definition) is 2. The summed E-state index contributed by atoms with van der Waals surface area (Å²) in [5.41, 5.74) is 1.34. The molecule has 0 aromatic heterocycles. The minimum Gasteiger partial charge on any atom is -0.337 e. The van der Waals surface area contributed by atoms with E-state index in [2.05, 4.69) is 10.0 Å². The van der Waals surface area contributed by atoms with Gasteiger partial charge in [0.2, 0.25) is 15.9 Å². The van der Waals surface area contributed by atoms with Crippen LogP contribution in [0.5, 0.6) is 0 Å². The SMILES string of the molecule is CC1CN(C(=O)C(Cc2ccccc2)NS(=O)(=O)c2ccccc2)CCN1C(=O)Nc1ccc(Cl)c(Cl)c1. The van der Waals surface area contributed by atoms with Crippen molar-refractivity contribution in [3.63, 3.8) is 0 Å². The van der Waals surface area contributed by atoms with Crippen molar-refractivity contribution >= 4 is 50.9 Å². The fourth-order valence-electron chi connectivity index (χ4n) is 4.33. The van der Waals surface area contributed by atoms with Crippen LogP contribution in [0.25, 0.3) is 0 Å². The van der Waals surface area contributed by atoms with Gasteiger partial charge in [-0.2, -0.15) is 4.72 Å². The predicted molar refractivity (Wildman–Crippen MR) is 149 cm³/mol. The van der Waals surface area contributed by atoms with E-state index in [1.807, 2.05) is 37.3 Å². The van der Waals surface area contributed by atoms with Crippen molar-refractivity contribution in [3.8, 4) is 0 Å². The molecular formula is C27H28Cl2N4O4S. The summed E-state index contributed by atoms with van der Waals surface area (Å²) >= 11 is 12.0. The Morgan fingerprint density at radius 1 is 0.947 bits per heavy atom. The highest BCUT2D eigenvalue weighted by molar-refractivity contribution is 7.89. The Morgan fingerprint density at radius 3 is 2.24 bits per heavy atom. The lowest BCUT2D eigenvalue weighted by atomic mass is 10.0. The normalized spacial score (nSPS) is 16.7. The van der Waals surface area contributed by atoms with Gasteiger partial charge in [0.15, 0.2) is 0 Å². The maximum absolute atomic E-state index is 13.6. The molecule has 0 bridgehead atoms. The Kier molecular flexibility index (Phi) is 8.94. The molecular weight excluding hydrogens is 547 g/mol. The number of nitrogens with zero attached hydrogens (tertiary/aromatic N) is 2. The number of rotatable bonds is 7. The number of anilines is 1. The smallest absolute Gasteiger partial charge is 0.322 e. The molecule has 0 saturated carbocycles. The molecule has 3 aromatic rings. The summed E-state index contributed by atoms with van der Waals surface area (Å²) in [7, 11) is -3.93. The van der Waals surface area contributed by atoms with E-state index in [0.29, 0.717) is 15.7 Å². The van der Waals surface area contributed by atoms with E-state index in [4.69, 9.17) is 23.2 Å². The van der Waals surface area contributed by atoms with Gasteiger partial charge in [0.1, 0.15) is 6.04 Å². The summed E-state index contributed by atoms with van der Waals surface area (Å²) in [6, 6.07) is 20.4. The van der Waals surface area contributed by atoms with Crippen molar-refractivity contribution in [2.45, 2.75) is 30.3 Å². The van der Waals surface area contributed by atoms with Crippen LogP contribution in [0, 0.1) is 0 Å². The maximum atomic E-state index is 13.6. The van der Waals surface area contributed by atoms with Gasteiger partial charge in [0, 0.05) is 31.4 Å². The van der Waals surface area contributed by atoms with E-state index in [1.165, 1.54) is 12.1 Å². The monoisotopic (exact) mass is 574 g/mol. The van der Waals surface area contributed by atoms with Crippen molar-refractivity contribution in [1.29, 1.82) is 0 Å². The minimum atomic E-state index is -3.93. The molecule has 1 saturated heterocycles. The van der Waals surface area contributed by atoms with Crippen molar-refractivity contribution in [3.05, 3.63) is 94.5 Å². The van der Waals surface area contributed by atoms with Gasteiger partial charge >= 0.3 is 6.03 Å². The number of halogens is 2. The third-order valence-electron chi connectivity index (χ3n) is 6.30. The van der Waals surface area contributed by atoms with Crippen molar-refractivity contribution in [1.82, 2.24) is 14.5 Å². The van der Waals surface area contributed by atoms with Gasteiger partial charge < -0.3 is 15.1 Å². The van der Waals surface area contributed by atoms with Crippen LogP contribution in [-0.2, 0) is 21.2 Å². The molecule has 1 heterocycles. The lowest BCUT2D eigenvalue weighted by Gasteiger charge is -2.41. The topological polar surface area (TPSA) is 98.8 Å². The lowest BCUT2D eigenvalue weighted by molar-refractivity contribution is -0.135. The fraction of sp³-hybridized carbons (Fsp3) is 0.259. The van der Waals surface area contributed by atoms with Gasteiger partial charge in [-0.1, -0.05) is 71.7 Å². The summed E-state index contributed by atoms with van der Waals surface area (Å²) in [6.45, 7) is 2.64. The van der Waals surface area contributed by atoms with Crippen molar-refractivity contribution in [2.24, 2.45) is 0 Å². The zero-order valence-corrected chi connectivity index (χ0v) is 23.0. The second kappa shape index (κ2) is 12.2. The number of piperazine rings is 1. The molecule has 1 aliphatic rings. The first-order valence-corrected chi connectivity index (χ1v) is 14.3. The molecule has 0 spiro atoms. The molecule has 3 aromatic carbocycles. The average Bonchev–Trinajstić information content (AvgIpc) is 2.91. The second-order valence-electron chi connectivity index (χ2n) is 9.06. The van der Waals surface area contributed by atoms with Crippen LogP contribution in [-0.4, -0.2) is 61.9 Å². The Labute approximate surface area is 232 Å². The number of hydrogen-bond acceptors (Lipinski definition) is 4. The first-order valence-electron chi connectivity index (χ1n) is 12.1. The number of carbonyl (C=O) groups excluding carboxylic acids is 2. The highest BCUT2D eigenvalue weighted by Crippen LogP contribution is 2.25. The Balaban J connectivity index is 1.47. The molecule has 4 rings (SSSR count). The number of benzene rings is 3. The third kappa shape index (κ3) is 6.85. The van der Waals surface area contributed by atoms with E-state index in [0.717, 1.165) is 5.56 Å². The summed E-state index contributed by atoms with van der Waals surface area (Å²) in [6.07, 6.45) is 0.193. The molecule has 3 amide bonds. The number of carbonyl (C=O) groups is 2. The Hall–Kier alpha value is -3.11. The third-order valence-corrected chi connectivity index (χ3v) is 8.53. The van der Waals surface area contributed by atoms with Crippen LogP contribution >= 0.6 is 23.2 Å². The van der Waals surface area contributed by atoms with Gasteiger partial charge in [0.05, 0.1) is 14.9 Å². The van der Waals surface area contributed by atoms with Gasteiger partial charge in [0.25, 0.3) is 0 Å². The molecule has 38 heavy (non-hydrogen) atoms. The van der Waals surface area contributed by atoms with Crippen LogP contribution in [0.3, 0.4) is 0 Å². The molecule has 2 N–H and O–H groups in total. The van der Waals surface area contributed by atoms with Crippen LogP contribution in [0.4, 0.5) is 10.5 Å². The molecule has 1 fully saturated rings. The van der Waals surface area contributed by atoms with Gasteiger partial charge in [-0.15, -0.1) is 0 Å². The molecule has 2 atom stereocenters. The zero-order valence-electron chi connectivity index (χ0n) is 20.7. The first-order chi connectivity index (χ1) is 18.1. The van der Waals surface area contributed by atoms with Crippen LogP contribution in [0.15, 0.2) is 83.8 Å². The Bertz CT molecular complexity index is 1390. The van der Waals surface area contributed by atoms with E-state index in [1.54, 1.807) is 46.2 Å². The molecule has 1 aliphatic heterocycles. The standard InChI is InChI=1S/C27H28Cl2N4O4S/c1-19-18-32(14-15-33(19)27(35)30-21-12-13-23(28)24(29)17-21)26(34)25(16-20-8-4-2-5-9-20)31-38(36,37)22-10-6-3-7-11-22/h2-13,17,19,25,31H,14-16,18H2,1H3,(H,30,35). The molecule has 200 valence electrons. The summed E-state index contributed by atoms with van der Waals surface area (Å²) in [5, 5.41) is 3.52. The lowest BCUT2D eigenvalue weighted by Crippen LogP contribution is -2.59. The van der Waals surface area contributed by atoms with Crippen LogP contribution in [0.1, 0.15) is 12.5 Å². The molecule has 8 nitrogen and oxygen atoms in total. The van der Waals surface area contributed by atoms with Gasteiger partial charge in [-0.3, -0.25) is 4.79 Å². The highest BCUT2D eigenvalue weighted by atomic mass is 35.5. The van der Waals surface area contributed by atoms with Crippen molar-refractivity contribution < 1.29 is 18.0 Å². The van der Waals surface area contributed by atoms with Crippen LogP contribution in [0.2, 0.25) is 10.0 Å². The number of amides is 3. The number of sulfonamides is 1. The van der Waals surface area contributed by atoms with E-state index >= 15 is 0 Å². The molecule has 0 aliphatic carbocycles. The van der Waals surface area contributed by atoms with Crippen molar-refractivity contribution in [2.75, 3.05) is 25.0 Å². The second-order valence-corrected chi connectivity index (χ2v) is 11.6. The van der Waals surface area contributed by atoms with Crippen LogP contribution < -0.4 is 10.0 Å². The summed E-state index contributed by atoms with van der Waals surface area (Å²) < 4.78 is 28.8.